The number of nitrogens with zero attached hydrogens (tertiary/aromatic N) is 2. The number of guanidine groups is 2. The smallest absolute Gasteiger partial charge is 0.328 e. The SMILES string of the molecule is CC(C)[C@H](NC(=O)[C@H](CO)NC(=O)[C@H](CO)NC(=O)[C@H](CCCN=C(N)N)NC(=O)CNC(=O)[C@H](CCCN=C(N)N)NC(=O)CN)C(=O)N[C@@H](Cc1ccc(O)cc1)C(=O)N[C@@H](CO)C(=O)O. The molecule has 380 valence electrons. The molecule has 68 heavy (non-hydrogen) atoms. The van der Waals surface area contributed by atoms with Crippen LogP contribution in [0.3, 0.4) is 0 Å². The lowest BCUT2D eigenvalue weighted by Crippen LogP contribution is -2.61. The number of nitrogens with one attached hydrogen (secondary N) is 8. The normalized spacial score (nSPS) is 13.9. The van der Waals surface area contributed by atoms with Crippen LogP contribution in [0.15, 0.2) is 34.3 Å². The van der Waals surface area contributed by atoms with Crippen molar-refractivity contribution in [3.8, 4) is 5.75 Å². The molecular formula is C39H65N15O14. The summed E-state index contributed by atoms with van der Waals surface area (Å²) in [5.74, 6) is -10.5. The lowest BCUT2D eigenvalue weighted by molar-refractivity contribution is -0.143. The minimum absolute atomic E-state index is 0.00510. The zero-order valence-corrected chi connectivity index (χ0v) is 37.6. The highest BCUT2D eigenvalue weighted by Gasteiger charge is 2.34. The van der Waals surface area contributed by atoms with E-state index in [0.717, 1.165) is 0 Å². The number of rotatable bonds is 31. The van der Waals surface area contributed by atoms with E-state index < -0.39 is 134 Å². The minimum atomic E-state index is -1.80. The third-order valence-electron chi connectivity index (χ3n) is 9.49. The highest BCUT2D eigenvalue weighted by atomic mass is 16.4. The summed E-state index contributed by atoms with van der Waals surface area (Å²) >= 11 is 0. The van der Waals surface area contributed by atoms with Gasteiger partial charge in [0.05, 0.1) is 32.9 Å². The fourth-order valence-corrected chi connectivity index (χ4v) is 5.85. The van der Waals surface area contributed by atoms with Crippen molar-refractivity contribution in [3.63, 3.8) is 0 Å². The molecule has 0 aliphatic rings. The van der Waals surface area contributed by atoms with Crippen molar-refractivity contribution in [2.45, 2.75) is 88.2 Å². The summed E-state index contributed by atoms with van der Waals surface area (Å²) in [5, 5.41) is 67.1. The highest BCUT2D eigenvalue weighted by molar-refractivity contribution is 5.97. The summed E-state index contributed by atoms with van der Waals surface area (Å²) in [6, 6.07) is -5.39. The number of carboxylic acids is 1. The molecule has 23 N–H and O–H groups in total. The first kappa shape index (κ1) is 58.6. The third kappa shape index (κ3) is 22.2. The van der Waals surface area contributed by atoms with Crippen molar-refractivity contribution in [3.05, 3.63) is 29.8 Å². The summed E-state index contributed by atoms with van der Waals surface area (Å²) in [4.78, 5) is 124. The predicted molar refractivity (Wildman–Crippen MR) is 241 cm³/mol. The molecule has 0 saturated heterocycles. The van der Waals surface area contributed by atoms with Crippen LogP contribution in [0.2, 0.25) is 0 Å². The fourth-order valence-electron chi connectivity index (χ4n) is 5.85. The van der Waals surface area contributed by atoms with Crippen molar-refractivity contribution in [2.24, 2.45) is 44.6 Å². The van der Waals surface area contributed by atoms with Gasteiger partial charge in [-0.15, -0.1) is 0 Å². The topological polar surface area (TPSA) is 506 Å². The Kier molecular flexibility index (Phi) is 26.5. The Bertz CT molecular complexity index is 1930. The Morgan fingerprint density at radius 2 is 0.985 bits per heavy atom. The molecule has 0 fully saturated rings. The van der Waals surface area contributed by atoms with E-state index in [4.69, 9.17) is 28.7 Å². The predicted octanol–water partition coefficient (Wildman–Crippen LogP) is -8.77. The number of amides is 8. The highest BCUT2D eigenvalue weighted by Crippen LogP contribution is 2.13. The largest absolute Gasteiger partial charge is 0.508 e. The Labute approximate surface area is 390 Å². The number of carboxylic acid groups (broad SMARTS) is 1. The number of phenols is 1. The van der Waals surface area contributed by atoms with Crippen LogP contribution in [-0.2, 0) is 49.6 Å². The van der Waals surface area contributed by atoms with Gasteiger partial charge in [0, 0.05) is 19.5 Å². The molecule has 1 aromatic rings. The molecule has 0 aliphatic carbocycles. The third-order valence-corrected chi connectivity index (χ3v) is 9.49. The molecule has 0 saturated carbocycles. The molecule has 0 radical (unpaired) electrons. The molecule has 0 unspecified atom stereocenters. The summed E-state index contributed by atoms with van der Waals surface area (Å²) in [5.41, 5.74) is 27.1. The van der Waals surface area contributed by atoms with E-state index in [1.54, 1.807) is 0 Å². The van der Waals surface area contributed by atoms with Gasteiger partial charge in [-0.1, -0.05) is 26.0 Å². The maximum absolute atomic E-state index is 13.6. The Balaban J connectivity index is 3.17. The molecule has 0 spiro atoms. The molecule has 0 aliphatic heterocycles. The van der Waals surface area contributed by atoms with Crippen molar-refractivity contribution >= 4 is 65.1 Å². The van der Waals surface area contributed by atoms with E-state index in [0.29, 0.717) is 5.56 Å². The second-order valence-electron chi connectivity index (χ2n) is 15.3. The zero-order valence-electron chi connectivity index (χ0n) is 37.6. The second-order valence-corrected chi connectivity index (χ2v) is 15.3. The number of benzene rings is 1. The van der Waals surface area contributed by atoms with Gasteiger partial charge in [0.1, 0.15) is 48.0 Å². The minimum Gasteiger partial charge on any atom is -0.508 e. The molecule has 1 aromatic carbocycles. The first-order valence-corrected chi connectivity index (χ1v) is 21.1. The number of aliphatic carboxylic acids is 1. The number of aromatic hydroxyl groups is 1. The maximum atomic E-state index is 13.6. The Hall–Kier alpha value is -7.37. The van der Waals surface area contributed by atoms with Crippen LogP contribution >= 0.6 is 0 Å². The van der Waals surface area contributed by atoms with E-state index in [1.807, 2.05) is 0 Å². The molecule has 0 heterocycles. The molecular weight excluding hydrogens is 903 g/mol. The quantitative estimate of drug-likeness (QED) is 0.0187. The van der Waals surface area contributed by atoms with Crippen LogP contribution in [0.4, 0.5) is 0 Å². The average molecular weight is 968 g/mol. The standard InChI is InChI=1S/C39H65N15O14/c1-19(2)30(36(66)50-24(13-20-7-9-21(58)10-8-20)33(63)53-27(18-57)37(67)68)54-35(65)26(17-56)52-34(64)25(16-55)51-32(62)23(6-4-12-46-39(43)44)49-29(60)15-47-31(61)22(48-28(59)14-40)5-3-11-45-38(41)42/h7-10,19,22-27,30,55-58H,3-6,11-18,40H2,1-2H3,(H,47,61)(H,48,59)(H,49,60)(H,50,66)(H,51,62)(H,52,64)(H,53,63)(H,54,65)(H,67,68)(H4,41,42,45)(H4,43,44,46)/t22-,23-,24-,25-,26-,27-,30-/m0/s1. The summed E-state index contributed by atoms with van der Waals surface area (Å²) < 4.78 is 0. The number of aliphatic hydroxyl groups is 3. The van der Waals surface area contributed by atoms with Crippen LogP contribution < -0.4 is 71.2 Å². The monoisotopic (exact) mass is 967 g/mol. The van der Waals surface area contributed by atoms with Crippen molar-refractivity contribution < 1.29 is 68.7 Å². The summed E-state index contributed by atoms with van der Waals surface area (Å²) in [6.45, 7) is -1.12. The Morgan fingerprint density at radius 3 is 1.44 bits per heavy atom. The molecule has 7 atom stereocenters. The molecule has 0 aromatic heterocycles. The maximum Gasteiger partial charge on any atom is 0.328 e. The second kappa shape index (κ2) is 30.8. The van der Waals surface area contributed by atoms with Crippen LogP contribution in [0.5, 0.6) is 5.75 Å². The fraction of sp³-hybridized carbons (Fsp3) is 0.564. The number of phenolic OH excluding ortho intramolecular Hbond substituents is 1. The molecule has 1 rings (SSSR count). The van der Waals surface area contributed by atoms with Gasteiger partial charge in [-0.3, -0.25) is 48.3 Å². The molecule has 29 nitrogen and oxygen atoms in total. The van der Waals surface area contributed by atoms with Gasteiger partial charge in [0.25, 0.3) is 0 Å². The first-order valence-electron chi connectivity index (χ1n) is 21.1. The van der Waals surface area contributed by atoms with Gasteiger partial charge in [0.2, 0.25) is 47.3 Å². The van der Waals surface area contributed by atoms with Gasteiger partial charge >= 0.3 is 5.97 Å². The number of carbonyl (C=O) groups is 9. The zero-order chi connectivity index (χ0) is 51.5. The number of aliphatic hydroxyl groups excluding tert-OH is 3. The van der Waals surface area contributed by atoms with Gasteiger partial charge in [-0.05, 0) is 49.3 Å². The van der Waals surface area contributed by atoms with Gasteiger partial charge in [0.15, 0.2) is 11.9 Å². The number of hydrogen-bond acceptors (Lipinski definition) is 16. The average Bonchev–Trinajstić information content (AvgIpc) is 3.28. The van der Waals surface area contributed by atoms with Crippen molar-refractivity contribution in [1.82, 2.24) is 42.5 Å². The van der Waals surface area contributed by atoms with E-state index in [-0.39, 0.29) is 62.9 Å². The van der Waals surface area contributed by atoms with Crippen LogP contribution in [0.1, 0.15) is 45.1 Å². The van der Waals surface area contributed by atoms with Crippen LogP contribution in [0.25, 0.3) is 0 Å². The number of nitrogens with two attached hydrogens (primary N) is 5. The first-order chi connectivity index (χ1) is 32.1. The van der Waals surface area contributed by atoms with E-state index in [1.165, 1.54) is 38.1 Å². The molecule has 0 bridgehead atoms. The lowest BCUT2D eigenvalue weighted by atomic mass is 10.00. The molecule has 8 amide bonds. The number of carbonyl (C=O) groups excluding carboxylic acids is 8. The van der Waals surface area contributed by atoms with Crippen LogP contribution in [0, 0.1) is 5.92 Å². The Morgan fingerprint density at radius 1 is 0.559 bits per heavy atom. The van der Waals surface area contributed by atoms with Gasteiger partial charge < -0.3 is 96.7 Å². The van der Waals surface area contributed by atoms with Crippen molar-refractivity contribution in [2.75, 3.05) is 46.0 Å². The summed E-state index contributed by atoms with van der Waals surface area (Å²) in [6.07, 6.45) is 0.00292. The molecule has 29 heteroatoms. The van der Waals surface area contributed by atoms with E-state index in [2.05, 4.69) is 52.5 Å². The number of aliphatic imine (C=N–C) groups is 2. The van der Waals surface area contributed by atoms with Gasteiger partial charge in [-0.25, -0.2) is 4.79 Å². The van der Waals surface area contributed by atoms with Gasteiger partial charge in [-0.2, -0.15) is 0 Å². The van der Waals surface area contributed by atoms with E-state index in [9.17, 15) is 68.7 Å². The van der Waals surface area contributed by atoms with E-state index >= 15 is 0 Å². The van der Waals surface area contributed by atoms with Crippen molar-refractivity contribution in [1.29, 1.82) is 0 Å². The van der Waals surface area contributed by atoms with Crippen LogP contribution in [-0.4, -0.2) is 179 Å². The lowest BCUT2D eigenvalue weighted by Gasteiger charge is -2.28. The summed E-state index contributed by atoms with van der Waals surface area (Å²) in [7, 11) is 0. The number of hydrogen-bond donors (Lipinski definition) is 18.